The number of primary amides is 1. The lowest BCUT2D eigenvalue weighted by atomic mass is 10.2. The predicted octanol–water partition coefficient (Wildman–Crippen LogP) is 1.31. The van der Waals surface area contributed by atoms with Crippen LogP contribution in [0.2, 0.25) is 0 Å². The number of phenols is 1. The molecule has 3 aromatic heterocycles. The average Bonchev–Trinajstić information content (AvgIpc) is 3.02. The number of carbonyl (C=O) groups is 1. The Hall–Kier alpha value is -3.40. The third kappa shape index (κ3) is 2.15. The number of nitrogens with two attached hydrogens (primary N) is 3. The largest absolute Gasteiger partial charge is 0.508 e. The summed E-state index contributed by atoms with van der Waals surface area (Å²) in [5.41, 5.74) is 19.8. The lowest BCUT2D eigenvalue weighted by Crippen LogP contribution is -2.14. The number of hydrogen-bond acceptors (Lipinski definition) is 8. The van der Waals surface area contributed by atoms with Gasteiger partial charge in [0.2, 0.25) is 0 Å². The van der Waals surface area contributed by atoms with Crippen LogP contribution in [0.15, 0.2) is 18.2 Å². The molecule has 4 aromatic rings. The van der Waals surface area contributed by atoms with E-state index in [1.54, 1.807) is 16.7 Å². The van der Waals surface area contributed by atoms with Crippen molar-refractivity contribution in [3.63, 3.8) is 0 Å². The monoisotopic (exact) mass is 355 g/mol. The number of nitrogens with zero attached hydrogens (tertiary/aromatic N) is 4. The van der Waals surface area contributed by atoms with Crippen LogP contribution in [0.3, 0.4) is 0 Å². The first kappa shape index (κ1) is 15.1. The highest BCUT2D eigenvalue weighted by Crippen LogP contribution is 2.34. The topological polar surface area (TPSA) is 159 Å². The average molecular weight is 355 g/mol. The summed E-state index contributed by atoms with van der Waals surface area (Å²) in [6, 6.07) is 4.82. The fourth-order valence-corrected chi connectivity index (χ4v) is 3.41. The number of fused-ring (bicyclic) bond motifs is 2. The summed E-state index contributed by atoms with van der Waals surface area (Å²) in [5.74, 6) is -0.573. The van der Waals surface area contributed by atoms with Crippen LogP contribution in [0.5, 0.6) is 5.75 Å². The quantitative estimate of drug-likeness (QED) is 0.422. The number of rotatable bonds is 2. The molecular weight excluding hydrogens is 342 g/mol. The van der Waals surface area contributed by atoms with Gasteiger partial charge in [-0.3, -0.25) is 9.36 Å². The number of anilines is 2. The van der Waals surface area contributed by atoms with Gasteiger partial charge in [-0.15, -0.1) is 0 Å². The van der Waals surface area contributed by atoms with Gasteiger partial charge in [-0.25, -0.2) is 9.97 Å². The van der Waals surface area contributed by atoms with E-state index in [2.05, 4.69) is 15.0 Å². The van der Waals surface area contributed by atoms with Crippen LogP contribution in [0, 0.1) is 6.92 Å². The van der Waals surface area contributed by atoms with Gasteiger partial charge in [0.05, 0.1) is 5.69 Å². The predicted molar refractivity (Wildman–Crippen MR) is 95.8 cm³/mol. The third-order valence-electron chi connectivity index (χ3n) is 3.87. The second-order valence-electron chi connectivity index (χ2n) is 5.51. The SMILES string of the molecule is Cc1ccc(O)cc1-n1c(N)c(C(N)=O)c2nc3nc(N)sc3nc21. The Labute approximate surface area is 144 Å². The van der Waals surface area contributed by atoms with Crippen LogP contribution in [0.1, 0.15) is 15.9 Å². The zero-order chi connectivity index (χ0) is 17.9. The number of nitrogen functional groups attached to an aromatic ring is 2. The Morgan fingerprint density at radius 2 is 2.00 bits per heavy atom. The van der Waals surface area contributed by atoms with Gasteiger partial charge in [-0.2, -0.15) is 4.98 Å². The molecule has 9 nitrogen and oxygen atoms in total. The van der Waals surface area contributed by atoms with Gasteiger partial charge in [-0.1, -0.05) is 17.4 Å². The van der Waals surface area contributed by atoms with E-state index in [-0.39, 0.29) is 22.6 Å². The minimum absolute atomic E-state index is 0.0542. The van der Waals surface area contributed by atoms with Crippen LogP contribution in [0.4, 0.5) is 10.9 Å². The number of carbonyl (C=O) groups excluding carboxylic acids is 1. The van der Waals surface area contributed by atoms with Crippen molar-refractivity contribution in [1.29, 1.82) is 0 Å². The fraction of sp³-hybridized carbons (Fsp3) is 0.0667. The van der Waals surface area contributed by atoms with E-state index >= 15 is 0 Å². The second-order valence-corrected chi connectivity index (χ2v) is 6.52. The van der Waals surface area contributed by atoms with E-state index < -0.39 is 5.91 Å². The van der Waals surface area contributed by atoms with E-state index in [0.29, 0.717) is 26.9 Å². The first-order valence-corrected chi connectivity index (χ1v) is 8.02. The summed E-state index contributed by atoms with van der Waals surface area (Å²) in [6.07, 6.45) is 0. The van der Waals surface area contributed by atoms with Crippen molar-refractivity contribution in [3.05, 3.63) is 29.3 Å². The molecule has 0 saturated carbocycles. The number of thiazole rings is 1. The van der Waals surface area contributed by atoms with Gasteiger partial charge < -0.3 is 22.3 Å². The van der Waals surface area contributed by atoms with Gasteiger partial charge in [0, 0.05) is 6.07 Å². The van der Waals surface area contributed by atoms with Crippen molar-refractivity contribution in [2.45, 2.75) is 6.92 Å². The van der Waals surface area contributed by atoms with Crippen LogP contribution in [-0.2, 0) is 0 Å². The van der Waals surface area contributed by atoms with E-state index in [9.17, 15) is 9.90 Å². The van der Waals surface area contributed by atoms with Crippen molar-refractivity contribution in [3.8, 4) is 11.4 Å². The lowest BCUT2D eigenvalue weighted by Gasteiger charge is -2.11. The van der Waals surface area contributed by atoms with Crippen LogP contribution >= 0.6 is 11.3 Å². The Morgan fingerprint density at radius 1 is 1.24 bits per heavy atom. The van der Waals surface area contributed by atoms with Gasteiger partial charge >= 0.3 is 0 Å². The normalized spacial score (nSPS) is 11.4. The first-order valence-electron chi connectivity index (χ1n) is 7.20. The molecule has 4 rings (SSSR count). The molecule has 0 spiro atoms. The van der Waals surface area contributed by atoms with Crippen molar-refractivity contribution in [2.24, 2.45) is 5.73 Å². The van der Waals surface area contributed by atoms with E-state index in [0.717, 1.165) is 5.56 Å². The summed E-state index contributed by atoms with van der Waals surface area (Å²) in [5, 5.41) is 10.2. The second kappa shape index (κ2) is 5.05. The van der Waals surface area contributed by atoms with E-state index in [4.69, 9.17) is 17.2 Å². The molecule has 25 heavy (non-hydrogen) atoms. The smallest absolute Gasteiger partial charge is 0.254 e. The van der Waals surface area contributed by atoms with Crippen molar-refractivity contribution in [2.75, 3.05) is 11.5 Å². The highest BCUT2D eigenvalue weighted by atomic mass is 32.1. The molecule has 0 aliphatic carbocycles. The minimum atomic E-state index is -0.726. The summed E-state index contributed by atoms with van der Waals surface area (Å²) >= 11 is 1.18. The molecule has 1 amide bonds. The molecule has 0 bridgehead atoms. The zero-order valence-electron chi connectivity index (χ0n) is 13.0. The molecule has 0 aliphatic heterocycles. The van der Waals surface area contributed by atoms with Crippen molar-refractivity contribution < 1.29 is 9.90 Å². The molecule has 0 atom stereocenters. The van der Waals surface area contributed by atoms with Gasteiger partial charge in [0.15, 0.2) is 21.3 Å². The number of aryl methyl sites for hydroxylation is 1. The van der Waals surface area contributed by atoms with Crippen LogP contribution in [-0.4, -0.2) is 30.5 Å². The highest BCUT2D eigenvalue weighted by molar-refractivity contribution is 7.21. The molecule has 1 aromatic carbocycles. The van der Waals surface area contributed by atoms with Crippen LogP contribution < -0.4 is 17.2 Å². The van der Waals surface area contributed by atoms with Gasteiger partial charge in [0.1, 0.15) is 22.6 Å². The minimum Gasteiger partial charge on any atom is -0.508 e. The number of hydrogen-bond donors (Lipinski definition) is 4. The Balaban J connectivity index is 2.19. The molecule has 0 radical (unpaired) electrons. The van der Waals surface area contributed by atoms with Gasteiger partial charge in [0.25, 0.3) is 5.91 Å². The summed E-state index contributed by atoms with van der Waals surface area (Å²) in [4.78, 5) is 25.4. The number of benzene rings is 1. The fourth-order valence-electron chi connectivity index (χ4n) is 2.77. The summed E-state index contributed by atoms with van der Waals surface area (Å²) < 4.78 is 1.55. The zero-order valence-corrected chi connectivity index (χ0v) is 13.8. The maximum Gasteiger partial charge on any atom is 0.254 e. The molecule has 0 fully saturated rings. The van der Waals surface area contributed by atoms with E-state index in [1.165, 1.54) is 17.4 Å². The van der Waals surface area contributed by atoms with Crippen molar-refractivity contribution in [1.82, 2.24) is 19.5 Å². The van der Waals surface area contributed by atoms with Crippen LogP contribution in [0.25, 0.3) is 27.3 Å². The summed E-state index contributed by atoms with van der Waals surface area (Å²) in [7, 11) is 0. The number of amides is 1. The molecule has 0 saturated heterocycles. The maximum absolute atomic E-state index is 11.9. The molecule has 3 heterocycles. The first-order chi connectivity index (χ1) is 11.9. The molecule has 126 valence electrons. The summed E-state index contributed by atoms with van der Waals surface area (Å²) in [6.45, 7) is 1.85. The van der Waals surface area contributed by atoms with E-state index in [1.807, 2.05) is 6.92 Å². The van der Waals surface area contributed by atoms with Gasteiger partial charge in [-0.05, 0) is 18.6 Å². The molecule has 0 unspecified atom stereocenters. The lowest BCUT2D eigenvalue weighted by molar-refractivity contribution is 0.100. The molecule has 10 heteroatoms. The Kier molecular flexibility index (Phi) is 3.06. The maximum atomic E-state index is 11.9. The third-order valence-corrected chi connectivity index (χ3v) is 4.64. The molecule has 0 aliphatic rings. The molecule has 7 N–H and O–H groups in total. The molecular formula is C15H13N7O2S. The highest BCUT2D eigenvalue weighted by Gasteiger charge is 2.24. The number of aromatic hydroxyl groups is 1. The Bertz CT molecular complexity index is 1180. The Morgan fingerprint density at radius 3 is 2.72 bits per heavy atom. The number of aromatic nitrogens is 4. The number of phenolic OH excluding ortho intramolecular Hbond substituents is 1. The standard InChI is InChI=1S/C15H13N7O2S/c1-5-2-3-6(23)4-7(5)22-10(16)8(11(17)24)9-13(22)21-14-12(19-9)20-15(18)25-14/h2-4,23H,16H2,1H3,(H2,17,24)(H2,18,19,20). The van der Waals surface area contributed by atoms with Crippen molar-refractivity contribution >= 4 is 49.8 Å².